The quantitative estimate of drug-likeness (QED) is 0.304. The van der Waals surface area contributed by atoms with Crippen molar-refractivity contribution in [1.82, 2.24) is 14.9 Å². The van der Waals surface area contributed by atoms with E-state index in [2.05, 4.69) is 9.88 Å². The zero-order valence-corrected chi connectivity index (χ0v) is 23.8. The SMILES string of the molecule is CCS(=O)(=O)c1ccc(C(CCO)NC(=O)c2ccc3c(c2)nc(CC2CCC(C(F)(F)F)CC2)n3C2CC2)cc1. The third-order valence-electron chi connectivity index (χ3n) is 8.46. The molecule has 2 aliphatic carbocycles. The van der Waals surface area contributed by atoms with E-state index in [0.29, 0.717) is 41.9 Å². The minimum atomic E-state index is -4.13. The number of nitrogens with zero attached hydrogens (tertiary/aromatic N) is 2. The number of halogens is 3. The van der Waals surface area contributed by atoms with Gasteiger partial charge in [-0.25, -0.2) is 13.4 Å². The summed E-state index contributed by atoms with van der Waals surface area (Å²) < 4.78 is 65.9. The van der Waals surface area contributed by atoms with Crippen molar-refractivity contribution in [3.05, 3.63) is 59.4 Å². The lowest BCUT2D eigenvalue weighted by Crippen LogP contribution is -2.29. The number of nitrogens with one attached hydrogen (secondary N) is 1. The molecular weight excluding hydrogens is 555 g/mol. The Morgan fingerprint density at radius 1 is 1.07 bits per heavy atom. The number of amides is 1. The summed E-state index contributed by atoms with van der Waals surface area (Å²) in [6.07, 6.45) is 0.198. The van der Waals surface area contributed by atoms with Gasteiger partial charge in [0.25, 0.3) is 5.91 Å². The number of aliphatic hydroxyl groups excluding tert-OH is 1. The summed E-state index contributed by atoms with van der Waals surface area (Å²) in [6.45, 7) is 1.41. The largest absolute Gasteiger partial charge is 0.396 e. The molecular formula is C30H36F3N3O4S. The van der Waals surface area contributed by atoms with Gasteiger partial charge in [-0.3, -0.25) is 4.79 Å². The molecule has 1 amide bonds. The van der Waals surface area contributed by atoms with Gasteiger partial charge in [0.05, 0.1) is 33.6 Å². The smallest absolute Gasteiger partial charge is 0.391 e. The molecule has 2 aliphatic rings. The Morgan fingerprint density at radius 2 is 1.76 bits per heavy atom. The van der Waals surface area contributed by atoms with Crippen molar-refractivity contribution >= 4 is 26.8 Å². The average molecular weight is 592 g/mol. The molecule has 2 fully saturated rings. The zero-order valence-electron chi connectivity index (χ0n) is 23.0. The fourth-order valence-electron chi connectivity index (χ4n) is 5.89. The van der Waals surface area contributed by atoms with Gasteiger partial charge in [-0.15, -0.1) is 0 Å². The molecule has 41 heavy (non-hydrogen) atoms. The Morgan fingerprint density at radius 3 is 2.34 bits per heavy atom. The number of sulfone groups is 1. The Labute approximate surface area is 238 Å². The van der Waals surface area contributed by atoms with Gasteiger partial charge in [0, 0.05) is 24.6 Å². The number of benzene rings is 2. The van der Waals surface area contributed by atoms with Crippen LogP contribution < -0.4 is 5.32 Å². The Hall–Kier alpha value is -2.92. The van der Waals surface area contributed by atoms with Crippen LogP contribution >= 0.6 is 0 Å². The molecule has 3 aromatic rings. The van der Waals surface area contributed by atoms with Crippen LogP contribution in [0.15, 0.2) is 47.4 Å². The van der Waals surface area contributed by atoms with Gasteiger partial charge in [0.2, 0.25) is 0 Å². The van der Waals surface area contributed by atoms with Gasteiger partial charge >= 0.3 is 6.18 Å². The fourth-order valence-corrected chi connectivity index (χ4v) is 6.78. The van der Waals surface area contributed by atoms with Crippen LogP contribution in [0.25, 0.3) is 11.0 Å². The fraction of sp³-hybridized carbons (Fsp3) is 0.533. The van der Waals surface area contributed by atoms with Gasteiger partial charge in [-0.1, -0.05) is 19.1 Å². The standard InChI is InChI=1S/C30H36F3N3O4S/c1-2-41(39,40)24-12-5-20(6-13-24)25(15-16-37)35-29(38)21-7-14-27-26(18-21)34-28(36(27)23-10-11-23)17-19-3-8-22(9-4-19)30(31,32)33/h5-7,12-14,18-19,22-23,25,37H,2-4,8-11,15-17H2,1H3,(H,35,38). The van der Waals surface area contributed by atoms with Crippen LogP contribution in [0.5, 0.6) is 0 Å². The van der Waals surface area contributed by atoms with E-state index in [1.807, 2.05) is 6.07 Å². The number of carbonyl (C=O) groups excluding carboxylic acids is 1. The van der Waals surface area contributed by atoms with Crippen molar-refractivity contribution in [2.45, 2.75) is 81.4 Å². The van der Waals surface area contributed by atoms with Crippen LogP contribution in [0.2, 0.25) is 0 Å². The maximum Gasteiger partial charge on any atom is 0.391 e. The second kappa shape index (κ2) is 11.8. The summed E-state index contributed by atoms with van der Waals surface area (Å²) in [4.78, 5) is 18.3. The first kappa shape index (κ1) is 29.6. The molecule has 0 spiro atoms. The lowest BCUT2D eigenvalue weighted by molar-refractivity contribution is -0.183. The lowest BCUT2D eigenvalue weighted by Gasteiger charge is -2.29. The number of fused-ring (bicyclic) bond motifs is 1. The van der Waals surface area contributed by atoms with E-state index >= 15 is 0 Å². The van der Waals surface area contributed by atoms with Crippen molar-refractivity contribution < 1.29 is 31.5 Å². The number of carbonyl (C=O) groups is 1. The molecule has 1 aromatic heterocycles. The first-order chi connectivity index (χ1) is 19.5. The van der Waals surface area contributed by atoms with Crippen molar-refractivity contribution in [3.8, 4) is 0 Å². The van der Waals surface area contributed by atoms with Gasteiger partial charge in [0.15, 0.2) is 9.84 Å². The van der Waals surface area contributed by atoms with E-state index in [-0.39, 0.29) is 48.3 Å². The van der Waals surface area contributed by atoms with E-state index in [9.17, 15) is 31.5 Å². The van der Waals surface area contributed by atoms with E-state index in [0.717, 1.165) is 24.2 Å². The highest BCUT2D eigenvalue weighted by Gasteiger charge is 2.41. The zero-order chi connectivity index (χ0) is 29.4. The third-order valence-corrected chi connectivity index (χ3v) is 10.2. The summed E-state index contributed by atoms with van der Waals surface area (Å²) in [6, 6.07) is 11.5. The predicted octanol–water partition coefficient (Wildman–Crippen LogP) is 5.93. The summed E-state index contributed by atoms with van der Waals surface area (Å²) >= 11 is 0. The van der Waals surface area contributed by atoms with Gasteiger partial charge in [-0.05, 0) is 86.8 Å². The predicted molar refractivity (Wildman–Crippen MR) is 149 cm³/mol. The molecule has 7 nitrogen and oxygen atoms in total. The van der Waals surface area contributed by atoms with Crippen molar-refractivity contribution in [1.29, 1.82) is 0 Å². The first-order valence-electron chi connectivity index (χ1n) is 14.3. The molecule has 0 saturated heterocycles. The van der Waals surface area contributed by atoms with Gasteiger partial charge in [-0.2, -0.15) is 13.2 Å². The molecule has 1 heterocycles. The highest BCUT2D eigenvalue weighted by Crippen LogP contribution is 2.43. The molecule has 11 heteroatoms. The topological polar surface area (TPSA) is 101 Å². The summed E-state index contributed by atoms with van der Waals surface area (Å²) in [5.74, 6) is -0.537. The maximum absolute atomic E-state index is 13.3. The average Bonchev–Trinajstić information content (AvgIpc) is 3.72. The van der Waals surface area contributed by atoms with Gasteiger partial charge in [0.1, 0.15) is 5.82 Å². The minimum absolute atomic E-state index is 0.0109. The molecule has 2 saturated carbocycles. The van der Waals surface area contributed by atoms with E-state index in [1.165, 1.54) is 12.1 Å². The molecule has 2 aromatic carbocycles. The molecule has 0 aliphatic heterocycles. The van der Waals surface area contributed by atoms with Crippen molar-refractivity contribution in [2.75, 3.05) is 12.4 Å². The van der Waals surface area contributed by atoms with E-state index < -0.39 is 28.0 Å². The van der Waals surface area contributed by atoms with E-state index in [4.69, 9.17) is 4.98 Å². The molecule has 0 bridgehead atoms. The minimum Gasteiger partial charge on any atom is -0.396 e. The van der Waals surface area contributed by atoms with Crippen LogP contribution in [-0.2, 0) is 16.3 Å². The summed E-state index contributed by atoms with van der Waals surface area (Å²) in [7, 11) is -3.35. The molecule has 222 valence electrons. The van der Waals surface area contributed by atoms with Gasteiger partial charge < -0.3 is 15.0 Å². The summed E-state index contributed by atoms with van der Waals surface area (Å²) in [5, 5.41) is 12.6. The third kappa shape index (κ3) is 6.61. The number of alkyl halides is 3. The second-order valence-electron chi connectivity index (χ2n) is 11.3. The van der Waals surface area contributed by atoms with Crippen LogP contribution in [0.4, 0.5) is 13.2 Å². The summed E-state index contributed by atoms with van der Waals surface area (Å²) in [5.41, 5.74) is 2.69. The van der Waals surface area contributed by atoms with Crippen molar-refractivity contribution in [3.63, 3.8) is 0 Å². The van der Waals surface area contributed by atoms with Crippen LogP contribution in [0.1, 0.15) is 85.7 Å². The Bertz CT molecular complexity index is 1490. The maximum atomic E-state index is 13.3. The normalized spacial score (nSPS) is 20.7. The number of hydrogen-bond donors (Lipinski definition) is 2. The number of rotatable bonds is 10. The highest BCUT2D eigenvalue weighted by molar-refractivity contribution is 7.91. The van der Waals surface area contributed by atoms with Crippen LogP contribution in [-0.4, -0.2) is 47.5 Å². The second-order valence-corrected chi connectivity index (χ2v) is 13.6. The Kier molecular flexibility index (Phi) is 8.48. The first-order valence-corrected chi connectivity index (χ1v) is 16.0. The molecule has 5 rings (SSSR count). The number of imidazole rings is 1. The number of aromatic nitrogens is 2. The number of aliphatic hydroxyl groups is 1. The van der Waals surface area contributed by atoms with E-state index in [1.54, 1.807) is 31.2 Å². The van der Waals surface area contributed by atoms with Crippen LogP contribution in [0, 0.1) is 11.8 Å². The Balaban J connectivity index is 1.33. The van der Waals surface area contributed by atoms with Crippen molar-refractivity contribution in [2.24, 2.45) is 11.8 Å². The molecule has 2 N–H and O–H groups in total. The highest BCUT2D eigenvalue weighted by atomic mass is 32.2. The monoisotopic (exact) mass is 591 g/mol. The lowest BCUT2D eigenvalue weighted by atomic mass is 9.80. The van der Waals surface area contributed by atoms with Crippen LogP contribution in [0.3, 0.4) is 0 Å². The molecule has 0 radical (unpaired) electrons. The molecule has 1 atom stereocenters. The number of hydrogen-bond acceptors (Lipinski definition) is 5. The molecule has 1 unspecified atom stereocenters.